The Morgan fingerprint density at radius 1 is 0.647 bits per heavy atom. The minimum Gasteiger partial charge on any atom is -0.481 e. The van der Waals surface area contributed by atoms with E-state index < -0.39 is 68.3 Å². The number of benzene rings is 1. The average molecular weight is 552 g/mol. The van der Waals surface area contributed by atoms with Gasteiger partial charge < -0.3 is 9.84 Å². The first kappa shape index (κ1) is 29.5. The van der Waals surface area contributed by atoms with Crippen molar-refractivity contribution in [1.82, 2.24) is 0 Å². The molecule has 0 unspecified atom stereocenters. The molecule has 0 aliphatic carbocycles. The molecule has 0 fully saturated rings. The molecule has 0 atom stereocenters. The highest BCUT2D eigenvalue weighted by Crippen LogP contribution is 2.61. The Kier molecular flexibility index (Phi) is 7.21. The molecule has 0 bridgehead atoms. The molecule has 1 rings (SSSR count). The summed E-state index contributed by atoms with van der Waals surface area (Å²) < 4.78 is 218. The molecule has 2 N–H and O–H groups in total. The molecular weight excluding hydrogens is 546 g/mol. The molecule has 0 saturated heterocycles. The summed E-state index contributed by atoms with van der Waals surface area (Å²) in [5.74, 6) is -5.31. The lowest BCUT2D eigenvalue weighted by Crippen LogP contribution is -2.66. The van der Waals surface area contributed by atoms with Gasteiger partial charge in [0.2, 0.25) is 0 Å². The number of ether oxygens (including phenoxy) is 1. The van der Waals surface area contributed by atoms with Gasteiger partial charge in [-0.15, -0.1) is 0 Å². The first-order chi connectivity index (χ1) is 14.7. The van der Waals surface area contributed by atoms with E-state index in [1.54, 1.807) is 0 Å². The monoisotopic (exact) mass is 552 g/mol. The highest BCUT2D eigenvalue weighted by Gasteiger charge is 2.87. The molecule has 20 heteroatoms. The summed E-state index contributed by atoms with van der Waals surface area (Å²) in [6, 6.07) is 0.506. The quantitative estimate of drug-likeness (QED) is 0.276. The van der Waals surface area contributed by atoms with Gasteiger partial charge in [0.1, 0.15) is 11.3 Å². The normalized spacial score (nSPS) is 14.7. The Morgan fingerprint density at radius 2 is 0.941 bits per heavy atom. The molecule has 1 aromatic rings. The summed E-state index contributed by atoms with van der Waals surface area (Å²) in [4.78, 5) is -1.10. The number of halogens is 14. The summed E-state index contributed by atoms with van der Waals surface area (Å²) in [5, 5.41) is 9.33. The fourth-order valence-corrected chi connectivity index (χ4v) is 2.74. The fraction of sp³-hybridized carbons (Fsp3) is 0.429. The molecule has 0 aromatic heterocycles. The smallest absolute Gasteiger partial charge is 0.436 e. The molecule has 196 valence electrons. The maximum Gasteiger partial charge on any atom is 0.436 e. The summed E-state index contributed by atoms with van der Waals surface area (Å²) in [7, 11) is -5.03. The number of rotatable bonds is 5. The SMILES string of the molecule is O=S(=O)(O)c1ccc(OC(O)=C(C(F)(C(F)(F)F)C(F)(F)F)C(F)(C(F)(F)F)C(F)(F)F)cc1. The first-order valence-electron chi connectivity index (χ1n) is 7.57. The van der Waals surface area contributed by atoms with E-state index in [2.05, 4.69) is 4.74 Å². The van der Waals surface area contributed by atoms with Crippen LogP contribution < -0.4 is 4.74 Å². The number of aliphatic hydroxyl groups is 1. The lowest BCUT2D eigenvalue weighted by molar-refractivity contribution is -0.365. The molecule has 0 aliphatic rings. The molecule has 5 nitrogen and oxygen atoms in total. The third-order valence-corrected chi connectivity index (χ3v) is 4.67. The van der Waals surface area contributed by atoms with Crippen molar-refractivity contribution >= 4 is 10.1 Å². The largest absolute Gasteiger partial charge is 0.481 e. The van der Waals surface area contributed by atoms with Gasteiger partial charge in [0.15, 0.2) is 0 Å². The lowest BCUT2D eigenvalue weighted by Gasteiger charge is -2.39. The predicted molar refractivity (Wildman–Crippen MR) is 78.4 cm³/mol. The highest BCUT2D eigenvalue weighted by atomic mass is 32.2. The summed E-state index contributed by atoms with van der Waals surface area (Å²) in [6.45, 7) is 0. The average Bonchev–Trinajstić information content (AvgIpc) is 2.57. The van der Waals surface area contributed by atoms with E-state index in [1.165, 1.54) is 0 Å². The van der Waals surface area contributed by atoms with Crippen molar-refractivity contribution in [2.24, 2.45) is 0 Å². The molecule has 1 aromatic carbocycles. The zero-order chi connectivity index (χ0) is 27.3. The Bertz CT molecular complexity index is 963. The highest BCUT2D eigenvalue weighted by molar-refractivity contribution is 7.85. The Hall–Kier alpha value is -2.51. The summed E-state index contributed by atoms with van der Waals surface area (Å²) >= 11 is 0. The van der Waals surface area contributed by atoms with E-state index in [0.29, 0.717) is 0 Å². The Labute approximate surface area is 178 Å². The number of allylic oxidation sites excluding steroid dienone is 1. The van der Waals surface area contributed by atoms with Gasteiger partial charge in [0.25, 0.3) is 16.1 Å². The summed E-state index contributed by atoms with van der Waals surface area (Å²) in [5.41, 5.74) is -20.6. The minimum atomic E-state index is -7.82. The van der Waals surface area contributed by atoms with Crippen molar-refractivity contribution in [3.05, 3.63) is 35.8 Å². The van der Waals surface area contributed by atoms with Crippen LogP contribution in [0.2, 0.25) is 0 Å². The molecule has 0 spiro atoms. The van der Waals surface area contributed by atoms with Crippen LogP contribution in [0.4, 0.5) is 61.5 Å². The van der Waals surface area contributed by atoms with Gasteiger partial charge in [-0.2, -0.15) is 61.1 Å². The predicted octanol–water partition coefficient (Wildman–Crippen LogP) is 5.75. The van der Waals surface area contributed by atoms with Crippen LogP contribution in [0.25, 0.3) is 0 Å². The van der Waals surface area contributed by atoms with Crippen LogP contribution >= 0.6 is 0 Å². The van der Waals surface area contributed by atoms with Gasteiger partial charge in [0.05, 0.1) is 4.90 Å². The fourth-order valence-electron chi connectivity index (χ4n) is 2.26. The zero-order valence-electron chi connectivity index (χ0n) is 15.1. The van der Waals surface area contributed by atoms with E-state index in [4.69, 9.17) is 4.55 Å². The van der Waals surface area contributed by atoms with Crippen LogP contribution in [0.3, 0.4) is 0 Å². The molecule has 34 heavy (non-hydrogen) atoms. The molecule has 0 aliphatic heterocycles. The number of hydrogen-bond donors (Lipinski definition) is 2. The van der Waals surface area contributed by atoms with Crippen LogP contribution in [0, 0.1) is 0 Å². The van der Waals surface area contributed by atoms with Gasteiger partial charge in [-0.05, 0) is 24.3 Å². The van der Waals surface area contributed by atoms with Crippen molar-refractivity contribution in [1.29, 1.82) is 0 Å². The van der Waals surface area contributed by atoms with Crippen molar-refractivity contribution in [3.8, 4) is 5.75 Å². The second-order valence-corrected chi connectivity index (χ2v) is 7.46. The maximum atomic E-state index is 14.3. The standard InChI is InChI=1S/C14H6F14O5S/c15-9(11(17,18)19,12(20,21)22)7(10(16,13(23,24)25)14(26,27)28)8(29)33-5-1-3-6(4-2-5)34(30,31)32/h1-4,29H,(H,30,31,32). The van der Waals surface area contributed by atoms with E-state index >= 15 is 0 Å². The van der Waals surface area contributed by atoms with E-state index in [0.717, 1.165) is 0 Å². The van der Waals surface area contributed by atoms with Crippen molar-refractivity contribution < 1.29 is 84.3 Å². The number of alkyl halides is 14. The van der Waals surface area contributed by atoms with Crippen molar-refractivity contribution in [2.75, 3.05) is 0 Å². The van der Waals surface area contributed by atoms with Crippen molar-refractivity contribution in [3.63, 3.8) is 0 Å². The van der Waals surface area contributed by atoms with Crippen molar-refractivity contribution in [2.45, 2.75) is 40.9 Å². The van der Waals surface area contributed by atoms with Gasteiger partial charge in [-0.1, -0.05) is 0 Å². The topological polar surface area (TPSA) is 83.8 Å². The van der Waals surface area contributed by atoms with Gasteiger partial charge in [0, 0.05) is 0 Å². The Balaban J connectivity index is 4.11. The van der Waals surface area contributed by atoms with Gasteiger partial charge in [-0.25, -0.2) is 8.78 Å². The van der Waals surface area contributed by atoms with Crippen LogP contribution in [-0.2, 0) is 10.1 Å². The molecule has 0 saturated carbocycles. The van der Waals surface area contributed by atoms with E-state index in [1.807, 2.05) is 0 Å². The first-order valence-corrected chi connectivity index (χ1v) is 9.01. The van der Waals surface area contributed by atoms with Crippen LogP contribution in [0.1, 0.15) is 0 Å². The zero-order valence-corrected chi connectivity index (χ0v) is 15.9. The number of aliphatic hydroxyl groups excluding tert-OH is 1. The Morgan fingerprint density at radius 3 is 1.18 bits per heavy atom. The number of hydrogen-bond acceptors (Lipinski definition) is 4. The van der Waals surface area contributed by atoms with Gasteiger partial charge in [-0.3, -0.25) is 4.55 Å². The second kappa shape index (κ2) is 8.31. The van der Waals surface area contributed by atoms with Crippen LogP contribution in [-0.4, -0.2) is 54.1 Å². The van der Waals surface area contributed by atoms with Crippen LogP contribution in [0.15, 0.2) is 40.7 Å². The lowest BCUT2D eigenvalue weighted by atomic mass is 9.81. The van der Waals surface area contributed by atoms with Crippen LogP contribution in [0.5, 0.6) is 5.75 Å². The third-order valence-electron chi connectivity index (χ3n) is 3.80. The molecule has 0 amide bonds. The minimum absolute atomic E-state index is 0.0686. The third kappa shape index (κ3) is 4.96. The molecular formula is C14H6F14O5S. The van der Waals surface area contributed by atoms with E-state index in [9.17, 15) is 75.0 Å². The summed E-state index contributed by atoms with van der Waals surface area (Å²) in [6.07, 6.45) is -31.1. The van der Waals surface area contributed by atoms with Gasteiger partial charge >= 0.3 is 36.0 Å². The van der Waals surface area contributed by atoms with E-state index in [-0.39, 0.29) is 24.3 Å². The molecule has 0 radical (unpaired) electrons. The molecule has 0 heterocycles. The maximum absolute atomic E-state index is 14.3. The second-order valence-electron chi connectivity index (χ2n) is 6.04.